The van der Waals surface area contributed by atoms with Gasteiger partial charge in [-0.3, -0.25) is 9.59 Å². The highest BCUT2D eigenvalue weighted by Crippen LogP contribution is 2.22. The Labute approximate surface area is 146 Å². The number of amides is 2. The molecule has 24 heavy (non-hydrogen) atoms. The Morgan fingerprint density at radius 1 is 1.08 bits per heavy atom. The maximum absolute atomic E-state index is 12.5. The van der Waals surface area contributed by atoms with Crippen LogP contribution in [0.2, 0.25) is 0 Å². The highest BCUT2D eigenvalue weighted by molar-refractivity contribution is 8.00. The maximum atomic E-state index is 12.5. The molecule has 1 atom stereocenters. The molecule has 2 aromatic carbocycles. The summed E-state index contributed by atoms with van der Waals surface area (Å²) in [5, 5.41) is 3.03. The summed E-state index contributed by atoms with van der Waals surface area (Å²) in [5.74, 6) is -0.358. The molecule has 0 fully saturated rings. The molecule has 0 saturated carbocycles. The van der Waals surface area contributed by atoms with Crippen molar-refractivity contribution in [2.45, 2.75) is 30.7 Å². The molecule has 0 aromatic heterocycles. The van der Waals surface area contributed by atoms with Gasteiger partial charge in [-0.05, 0) is 37.5 Å². The van der Waals surface area contributed by atoms with Crippen molar-refractivity contribution in [3.63, 3.8) is 0 Å². The number of rotatable bonds is 8. The molecule has 4 nitrogen and oxygen atoms in total. The monoisotopic (exact) mass is 342 g/mol. The zero-order chi connectivity index (χ0) is 17.4. The van der Waals surface area contributed by atoms with Crippen molar-refractivity contribution in [3.8, 4) is 0 Å². The fraction of sp³-hybridized carbons (Fsp3) is 0.263. The van der Waals surface area contributed by atoms with Crippen LogP contribution in [0.5, 0.6) is 0 Å². The van der Waals surface area contributed by atoms with Crippen LogP contribution in [-0.4, -0.2) is 23.6 Å². The number of nitrogens with two attached hydrogens (primary N) is 1. The Morgan fingerprint density at radius 3 is 2.46 bits per heavy atom. The summed E-state index contributed by atoms with van der Waals surface area (Å²) in [6, 6.07) is 17.5. The summed E-state index contributed by atoms with van der Waals surface area (Å²) in [6.45, 7) is 2.00. The second-order valence-electron chi connectivity index (χ2n) is 5.65. The zero-order valence-corrected chi connectivity index (χ0v) is 14.5. The number of nitrogens with one attached hydrogen (secondary N) is 1. The molecule has 0 aliphatic heterocycles. The van der Waals surface area contributed by atoms with Crippen LogP contribution < -0.4 is 11.1 Å². The van der Waals surface area contributed by atoms with Crippen molar-refractivity contribution >= 4 is 23.6 Å². The molecule has 5 heteroatoms. The van der Waals surface area contributed by atoms with Crippen LogP contribution in [0.1, 0.15) is 29.3 Å². The minimum atomic E-state index is -0.397. The van der Waals surface area contributed by atoms with E-state index >= 15 is 0 Å². The van der Waals surface area contributed by atoms with Gasteiger partial charge in [0.15, 0.2) is 0 Å². The van der Waals surface area contributed by atoms with Gasteiger partial charge in [0.25, 0.3) is 5.91 Å². The molecule has 2 amide bonds. The summed E-state index contributed by atoms with van der Waals surface area (Å²) in [5.41, 5.74) is 7.02. The Hall–Kier alpha value is -2.27. The quantitative estimate of drug-likeness (QED) is 0.724. The van der Waals surface area contributed by atoms with E-state index in [2.05, 4.69) is 17.4 Å². The summed E-state index contributed by atoms with van der Waals surface area (Å²) >= 11 is 1.29. The minimum Gasteiger partial charge on any atom is -0.369 e. The van der Waals surface area contributed by atoms with E-state index in [1.807, 2.05) is 43.3 Å². The molecule has 0 heterocycles. The summed E-state index contributed by atoms with van der Waals surface area (Å²) < 4.78 is 0. The van der Waals surface area contributed by atoms with Crippen LogP contribution in [0.15, 0.2) is 59.5 Å². The van der Waals surface area contributed by atoms with Crippen LogP contribution in [-0.2, 0) is 11.2 Å². The third kappa shape index (κ3) is 5.74. The molecule has 0 aliphatic rings. The molecule has 0 aliphatic carbocycles. The highest BCUT2D eigenvalue weighted by Gasteiger charge is 2.14. The van der Waals surface area contributed by atoms with E-state index in [1.165, 1.54) is 17.3 Å². The lowest BCUT2D eigenvalue weighted by atomic mass is 10.1. The molecule has 126 valence electrons. The van der Waals surface area contributed by atoms with Crippen molar-refractivity contribution in [1.82, 2.24) is 5.32 Å². The van der Waals surface area contributed by atoms with Gasteiger partial charge < -0.3 is 11.1 Å². The van der Waals surface area contributed by atoms with E-state index in [0.717, 1.165) is 17.7 Å². The Morgan fingerprint density at radius 2 is 1.75 bits per heavy atom. The lowest BCUT2D eigenvalue weighted by Gasteiger charge is -2.15. The molecule has 0 spiro atoms. The fourth-order valence-corrected chi connectivity index (χ4v) is 3.12. The number of primary amides is 1. The lowest BCUT2D eigenvalue weighted by molar-refractivity contribution is -0.115. The molecular formula is C19H22N2O2S. The molecule has 0 saturated heterocycles. The maximum Gasteiger partial charge on any atom is 0.252 e. The lowest BCUT2D eigenvalue weighted by Crippen LogP contribution is -2.33. The third-order valence-corrected chi connectivity index (χ3v) is 4.68. The first-order chi connectivity index (χ1) is 11.6. The first-order valence-corrected chi connectivity index (χ1v) is 8.89. The minimum absolute atomic E-state index is 0.0619. The number of hydrogen-bond acceptors (Lipinski definition) is 3. The molecule has 3 N–H and O–H groups in total. The van der Waals surface area contributed by atoms with Gasteiger partial charge in [-0.1, -0.05) is 42.5 Å². The molecule has 2 aromatic rings. The first-order valence-electron chi connectivity index (χ1n) is 7.91. The topological polar surface area (TPSA) is 72.2 Å². The van der Waals surface area contributed by atoms with E-state index in [9.17, 15) is 9.59 Å². The fourth-order valence-electron chi connectivity index (χ4n) is 2.33. The van der Waals surface area contributed by atoms with Gasteiger partial charge >= 0.3 is 0 Å². The van der Waals surface area contributed by atoms with Gasteiger partial charge in [-0.2, -0.15) is 0 Å². The highest BCUT2D eigenvalue weighted by atomic mass is 32.2. The van der Waals surface area contributed by atoms with Crippen molar-refractivity contribution < 1.29 is 9.59 Å². The van der Waals surface area contributed by atoms with Gasteiger partial charge in [-0.25, -0.2) is 0 Å². The number of aryl methyl sites for hydroxylation is 1. The second-order valence-corrected chi connectivity index (χ2v) is 6.67. The molecule has 0 unspecified atom stereocenters. The Balaban J connectivity index is 1.92. The number of carbonyl (C=O) groups excluding carboxylic acids is 2. The smallest absolute Gasteiger partial charge is 0.252 e. The molecule has 0 bridgehead atoms. The second kappa shape index (κ2) is 9.13. The van der Waals surface area contributed by atoms with Crippen molar-refractivity contribution in [2.24, 2.45) is 5.73 Å². The molecule has 0 radical (unpaired) electrons. The average molecular weight is 342 g/mol. The van der Waals surface area contributed by atoms with E-state index in [4.69, 9.17) is 5.73 Å². The van der Waals surface area contributed by atoms with E-state index < -0.39 is 5.91 Å². The van der Waals surface area contributed by atoms with Crippen LogP contribution in [0.25, 0.3) is 0 Å². The molecule has 2 rings (SSSR count). The third-order valence-electron chi connectivity index (χ3n) is 3.59. The van der Waals surface area contributed by atoms with Gasteiger partial charge in [0, 0.05) is 10.9 Å². The number of hydrogen-bond donors (Lipinski definition) is 2. The average Bonchev–Trinajstić information content (AvgIpc) is 2.59. The van der Waals surface area contributed by atoms with E-state index in [1.54, 1.807) is 6.07 Å². The molecular weight excluding hydrogens is 320 g/mol. The Bertz CT molecular complexity index is 689. The van der Waals surface area contributed by atoms with Crippen molar-refractivity contribution in [1.29, 1.82) is 0 Å². The SMILES string of the molecule is C[C@@H](CCc1ccccc1)NC(=O)c1ccccc1SCC(N)=O. The predicted molar refractivity (Wildman–Crippen MR) is 98.1 cm³/mol. The van der Waals surface area contributed by atoms with Gasteiger partial charge in [-0.15, -0.1) is 11.8 Å². The largest absolute Gasteiger partial charge is 0.369 e. The van der Waals surface area contributed by atoms with Gasteiger partial charge in [0.2, 0.25) is 5.91 Å². The first kappa shape index (κ1) is 18.1. The van der Waals surface area contributed by atoms with Crippen LogP contribution in [0.4, 0.5) is 0 Å². The van der Waals surface area contributed by atoms with Crippen molar-refractivity contribution in [2.75, 3.05) is 5.75 Å². The zero-order valence-electron chi connectivity index (χ0n) is 13.7. The van der Waals surface area contributed by atoms with Gasteiger partial charge in [0.1, 0.15) is 0 Å². The normalized spacial score (nSPS) is 11.7. The predicted octanol–water partition coefficient (Wildman–Crippen LogP) is 3.02. The van der Waals surface area contributed by atoms with Crippen LogP contribution in [0, 0.1) is 0 Å². The summed E-state index contributed by atoms with van der Waals surface area (Å²) in [4.78, 5) is 24.2. The van der Waals surface area contributed by atoms with Gasteiger partial charge in [0.05, 0.1) is 11.3 Å². The standard InChI is InChI=1S/C19H22N2O2S/c1-14(11-12-15-7-3-2-4-8-15)21-19(23)16-9-5-6-10-17(16)24-13-18(20)22/h2-10,14H,11-13H2,1H3,(H2,20,22)(H,21,23)/t14-/m0/s1. The van der Waals surface area contributed by atoms with Crippen LogP contribution in [0.3, 0.4) is 0 Å². The number of benzene rings is 2. The number of thioether (sulfide) groups is 1. The van der Waals surface area contributed by atoms with E-state index in [0.29, 0.717) is 5.56 Å². The van der Waals surface area contributed by atoms with Crippen LogP contribution >= 0.6 is 11.8 Å². The Kier molecular flexibility index (Phi) is 6.88. The number of carbonyl (C=O) groups is 2. The van der Waals surface area contributed by atoms with Crippen molar-refractivity contribution in [3.05, 3.63) is 65.7 Å². The summed E-state index contributed by atoms with van der Waals surface area (Å²) in [7, 11) is 0. The van der Waals surface area contributed by atoms with E-state index in [-0.39, 0.29) is 17.7 Å². The summed E-state index contributed by atoms with van der Waals surface area (Å²) in [6.07, 6.45) is 1.78.